The van der Waals surface area contributed by atoms with Gasteiger partial charge in [0.15, 0.2) is 0 Å². The highest BCUT2D eigenvalue weighted by molar-refractivity contribution is 6.30. The molecule has 0 saturated heterocycles. The third-order valence-electron chi connectivity index (χ3n) is 7.69. The molecule has 0 aliphatic rings. The molecule has 1 heterocycles. The van der Waals surface area contributed by atoms with E-state index < -0.39 is 250 Å². The van der Waals surface area contributed by atoms with Gasteiger partial charge in [-0.05, 0) is 88.9 Å². The van der Waals surface area contributed by atoms with Gasteiger partial charge in [0, 0.05) is 16.2 Å². The Morgan fingerprint density at radius 2 is 0.822 bits per heavy atom. The summed E-state index contributed by atoms with van der Waals surface area (Å²) in [5.74, 6) is 0. The molecule has 0 saturated carbocycles. The van der Waals surface area contributed by atoms with E-state index in [1.807, 2.05) is 0 Å². The lowest BCUT2D eigenvalue weighted by atomic mass is 9.85. The molecule has 0 bridgehead atoms. The summed E-state index contributed by atoms with van der Waals surface area (Å²) in [6.45, 7) is 0. The van der Waals surface area contributed by atoms with Crippen molar-refractivity contribution < 1.29 is 40.1 Å². The minimum atomic E-state index is -0.970. The van der Waals surface area contributed by atoms with E-state index in [0.29, 0.717) is 0 Å². The molecule has 1 nitrogen and oxygen atoms in total. The van der Waals surface area contributed by atoms with Gasteiger partial charge in [0.05, 0.1) is 35.6 Å². The van der Waals surface area contributed by atoms with Gasteiger partial charge in [-0.3, -0.25) is 0 Å². The van der Waals surface area contributed by atoms with Gasteiger partial charge in [0.25, 0.3) is 0 Å². The molecule has 0 aliphatic carbocycles. The first-order valence-electron chi connectivity index (χ1n) is 26.4. The van der Waals surface area contributed by atoms with Gasteiger partial charge in [-0.25, -0.2) is 0 Å². The predicted octanol–water partition coefficient (Wildman–Crippen LogP) is 12.7. The molecule has 0 aliphatic heterocycles. The number of fused-ring (bicyclic) bond motifs is 11. The van der Waals surface area contributed by atoms with Crippen molar-refractivity contribution in [3.05, 3.63) is 157 Å². The van der Waals surface area contributed by atoms with Crippen molar-refractivity contribution in [3.63, 3.8) is 0 Å². The van der Waals surface area contributed by atoms with Gasteiger partial charge in [-0.15, -0.1) is 0 Å². The van der Waals surface area contributed by atoms with Crippen molar-refractivity contribution >= 4 is 75.8 Å². The first-order valence-corrected chi connectivity index (χ1v) is 13.4. The summed E-state index contributed by atoms with van der Waals surface area (Å²) in [4.78, 5) is 0. The van der Waals surface area contributed by atoms with E-state index in [4.69, 9.17) is 27.7 Å². The van der Waals surface area contributed by atoms with E-state index in [0.717, 1.165) is 0 Å². The van der Waals surface area contributed by atoms with Crippen molar-refractivity contribution in [1.29, 1.82) is 0 Å². The number of rotatable bonds is 2. The maximum absolute atomic E-state index is 9.84. The average Bonchev–Trinajstić information content (AvgIpc) is 3.75. The SMILES string of the molecule is [2H]c1c([2H])c([2H])c2c([2H])c(-c3c4c([2H])c([2H])c([2H])c([2H])c4c(-c4c([2H])c([2H])c5c(oc6c7c([2H])c([2H])c([2H])c([2H])c7c7c([2H])c([2H])c([2H])c([2H])c7c65)c4[2H])c4c([2H])c([2H])c([2H])c([2H])c34)c([2H])c([2H])c2c1[2H]. The lowest BCUT2D eigenvalue weighted by molar-refractivity contribution is 0.673. The van der Waals surface area contributed by atoms with Crippen molar-refractivity contribution in [3.8, 4) is 22.3 Å². The maximum Gasteiger partial charge on any atom is 0.143 e. The predicted molar refractivity (Wildman–Crippen MR) is 192 cm³/mol. The van der Waals surface area contributed by atoms with Crippen LogP contribution in [0.4, 0.5) is 0 Å². The monoisotopic (exact) mass is 596 g/mol. The summed E-state index contributed by atoms with van der Waals surface area (Å²) in [5.41, 5.74) is -4.04. The van der Waals surface area contributed by atoms with E-state index in [-0.39, 0.29) is 5.39 Å². The summed E-state index contributed by atoms with van der Waals surface area (Å²) >= 11 is 0. The molecule has 1 aromatic heterocycles. The zero-order chi connectivity index (χ0) is 52.1. The van der Waals surface area contributed by atoms with Crippen molar-refractivity contribution in [2.24, 2.45) is 0 Å². The third-order valence-corrected chi connectivity index (χ3v) is 7.69. The topological polar surface area (TPSA) is 13.1 Å². The molecule has 0 radical (unpaired) electrons. The fraction of sp³-hybridized carbons (Fsp3) is 0. The Balaban J connectivity index is 1.52. The van der Waals surface area contributed by atoms with Crippen molar-refractivity contribution in [2.75, 3.05) is 0 Å². The Morgan fingerprint density at radius 1 is 0.356 bits per heavy atom. The van der Waals surface area contributed by atoms with Crippen molar-refractivity contribution in [2.45, 2.75) is 0 Å². The molecule has 45 heavy (non-hydrogen) atoms. The van der Waals surface area contributed by atoms with E-state index in [1.165, 1.54) is 0 Å². The quantitative estimate of drug-likeness (QED) is 0.143. The number of furan rings is 1. The van der Waals surface area contributed by atoms with Crippen LogP contribution in [-0.2, 0) is 0 Å². The second-order valence-corrected chi connectivity index (χ2v) is 10.0. The molecule has 208 valence electrons. The molecule has 0 amide bonds. The van der Waals surface area contributed by atoms with Crippen LogP contribution in [0.15, 0.2) is 162 Å². The van der Waals surface area contributed by atoms with Gasteiger partial charge >= 0.3 is 0 Å². The zero-order valence-corrected chi connectivity index (χ0v) is 22.4. The minimum Gasteiger partial charge on any atom is -0.455 e. The van der Waals surface area contributed by atoms with Crippen LogP contribution >= 0.6 is 0 Å². The molecule has 0 atom stereocenters. The number of hydrogen-bond donors (Lipinski definition) is 0. The van der Waals surface area contributed by atoms with Crippen LogP contribution < -0.4 is 0 Å². The molecule has 10 rings (SSSR count). The normalized spacial score (nSPS) is 20.1. The summed E-state index contributed by atoms with van der Waals surface area (Å²) in [6, 6.07) is -22.5. The Kier molecular flexibility index (Phi) is 2.13. The smallest absolute Gasteiger partial charge is 0.143 e. The van der Waals surface area contributed by atoms with Crippen LogP contribution in [0.2, 0.25) is 0 Å². The van der Waals surface area contributed by atoms with Gasteiger partial charge in [0.2, 0.25) is 0 Å². The van der Waals surface area contributed by atoms with Crippen LogP contribution in [-0.4, -0.2) is 0 Å². The van der Waals surface area contributed by atoms with Gasteiger partial charge in [0.1, 0.15) is 11.2 Å². The van der Waals surface area contributed by atoms with E-state index in [2.05, 4.69) is 0 Å². The Labute approximate surface area is 296 Å². The molecular formula is C44H26O. The number of benzene rings is 9. The second-order valence-electron chi connectivity index (χ2n) is 10.0. The molecular weight excluding hydrogens is 544 g/mol. The third kappa shape index (κ3) is 3.50. The summed E-state index contributed by atoms with van der Waals surface area (Å²) < 4.78 is 240. The Morgan fingerprint density at radius 3 is 1.47 bits per heavy atom. The van der Waals surface area contributed by atoms with Crippen molar-refractivity contribution in [1.82, 2.24) is 0 Å². The van der Waals surface area contributed by atoms with E-state index >= 15 is 0 Å². The van der Waals surface area contributed by atoms with Crippen LogP contribution in [0.1, 0.15) is 35.6 Å². The fourth-order valence-corrected chi connectivity index (χ4v) is 5.84. The van der Waals surface area contributed by atoms with Gasteiger partial charge in [-0.1, -0.05) is 139 Å². The van der Waals surface area contributed by atoms with Gasteiger partial charge < -0.3 is 4.42 Å². The largest absolute Gasteiger partial charge is 0.455 e. The van der Waals surface area contributed by atoms with Crippen LogP contribution in [0, 0.1) is 0 Å². The Hall–Kier alpha value is -5.92. The minimum absolute atomic E-state index is 0.363. The summed E-state index contributed by atoms with van der Waals surface area (Å²) in [7, 11) is 0. The highest BCUT2D eigenvalue weighted by Crippen LogP contribution is 2.46. The lowest BCUT2D eigenvalue weighted by Gasteiger charge is -2.18. The average molecular weight is 597 g/mol. The molecule has 1 heteroatoms. The molecule has 0 unspecified atom stereocenters. The molecule has 10 aromatic rings. The van der Waals surface area contributed by atoms with E-state index in [9.17, 15) is 12.3 Å². The van der Waals surface area contributed by atoms with Crippen LogP contribution in [0.3, 0.4) is 0 Å². The molecule has 0 spiro atoms. The standard InChI is InChI=1S/C44H26O/c1-2-12-28-25-29(22-21-27(28)11-1)41-34-16-6-8-18-36(34)42(37-19-9-7-17-35(37)41)30-23-24-39-40(26-30)45-44-38-20-10-4-14-32(38)31-13-3-5-15-33(31)43(39)44/h1-26H/i1D,2D,3D,4D,5D,6D,7D,8D,9D,10D,11D,12D,13D,14D,15D,16D,17D,18D,19D,20D,21D,22D,23D,24D,25D,26D. The first-order chi connectivity index (χ1) is 33.2. The van der Waals surface area contributed by atoms with E-state index in [1.54, 1.807) is 0 Å². The number of hydrogen-bond acceptors (Lipinski definition) is 1. The molecule has 0 N–H and O–H groups in total. The lowest BCUT2D eigenvalue weighted by Crippen LogP contribution is -1.91. The van der Waals surface area contributed by atoms with Crippen LogP contribution in [0.5, 0.6) is 0 Å². The first kappa shape index (κ1) is 10.3. The zero-order valence-electron chi connectivity index (χ0n) is 48.4. The summed E-state index contributed by atoms with van der Waals surface area (Å²) in [6.07, 6.45) is 0. The van der Waals surface area contributed by atoms with Crippen LogP contribution in [0.25, 0.3) is 98.1 Å². The molecule has 0 fully saturated rings. The summed E-state index contributed by atoms with van der Waals surface area (Å²) in [5, 5.41) is -6.42. The maximum atomic E-state index is 9.84. The molecule has 9 aromatic carbocycles. The Bertz CT molecular complexity index is 4210. The fourth-order valence-electron chi connectivity index (χ4n) is 5.84. The highest BCUT2D eigenvalue weighted by Gasteiger charge is 2.19. The highest BCUT2D eigenvalue weighted by atomic mass is 16.3. The second kappa shape index (κ2) is 9.29. The van der Waals surface area contributed by atoms with Gasteiger partial charge in [-0.2, -0.15) is 0 Å².